The molecule has 0 bridgehead atoms. The number of hydrogen-bond donors (Lipinski definition) is 1. The van der Waals surface area contributed by atoms with Gasteiger partial charge in [-0.25, -0.2) is 19.2 Å². The Bertz CT molecular complexity index is 1040. The molecular formula is C22H21FN4O3. The number of halogens is 1. The second-order valence-corrected chi connectivity index (χ2v) is 6.72. The zero-order valence-electron chi connectivity index (χ0n) is 16.5. The number of nitrogens with zero attached hydrogens (tertiary/aromatic N) is 3. The lowest BCUT2D eigenvalue weighted by molar-refractivity contribution is 0.0595. The van der Waals surface area contributed by atoms with Crippen LogP contribution in [0.1, 0.15) is 10.4 Å². The molecule has 0 amide bonds. The number of hydrogen-bond acceptors (Lipinski definition) is 7. The average Bonchev–Trinajstić information content (AvgIpc) is 2.80. The van der Waals surface area contributed by atoms with Gasteiger partial charge in [0, 0.05) is 36.2 Å². The van der Waals surface area contributed by atoms with E-state index in [1.807, 2.05) is 24.3 Å². The Kier molecular flexibility index (Phi) is 5.85. The van der Waals surface area contributed by atoms with E-state index in [1.54, 1.807) is 18.3 Å². The molecule has 2 aromatic carbocycles. The van der Waals surface area contributed by atoms with Gasteiger partial charge in [0.1, 0.15) is 5.82 Å². The minimum Gasteiger partial charge on any atom is -0.465 e. The van der Waals surface area contributed by atoms with Gasteiger partial charge in [-0.2, -0.15) is 0 Å². The first-order valence-corrected chi connectivity index (χ1v) is 9.55. The first kappa shape index (κ1) is 19.8. The lowest BCUT2D eigenvalue weighted by Gasteiger charge is -2.28. The van der Waals surface area contributed by atoms with Crippen LogP contribution in [0, 0.1) is 5.82 Å². The first-order chi connectivity index (χ1) is 14.6. The molecular weight excluding hydrogens is 387 g/mol. The van der Waals surface area contributed by atoms with Crippen LogP contribution in [0.5, 0.6) is 0 Å². The van der Waals surface area contributed by atoms with Crippen molar-refractivity contribution >= 4 is 23.3 Å². The lowest BCUT2D eigenvalue weighted by Crippen LogP contribution is -2.36. The molecule has 30 heavy (non-hydrogen) atoms. The molecule has 3 aromatic rings. The summed E-state index contributed by atoms with van der Waals surface area (Å²) in [6.45, 7) is 3.23. The van der Waals surface area contributed by atoms with Crippen molar-refractivity contribution in [1.82, 2.24) is 9.97 Å². The summed E-state index contributed by atoms with van der Waals surface area (Å²) in [6.07, 6.45) is 1.60. The molecule has 0 saturated carbocycles. The number of carbonyl (C=O) groups excluding carboxylic acids is 1. The van der Waals surface area contributed by atoms with Crippen molar-refractivity contribution in [3.05, 3.63) is 66.1 Å². The molecule has 1 aromatic heterocycles. The molecule has 1 aliphatic rings. The van der Waals surface area contributed by atoms with Crippen molar-refractivity contribution < 1.29 is 18.7 Å². The molecule has 7 nitrogen and oxygen atoms in total. The van der Waals surface area contributed by atoms with E-state index >= 15 is 0 Å². The van der Waals surface area contributed by atoms with Gasteiger partial charge in [0.2, 0.25) is 5.95 Å². The van der Waals surface area contributed by atoms with E-state index in [0.29, 0.717) is 17.2 Å². The molecule has 1 aliphatic heterocycles. The standard InChI is InChI=1S/C22H21FN4O3/c1-29-21(28)18-7-2-15(14-19(18)23)20-8-9-24-22(26-20)25-16-3-5-17(6-4-16)27-10-12-30-13-11-27/h2-9,14H,10-13H2,1H3,(H,24,25,26). The van der Waals surface area contributed by atoms with Crippen LogP contribution in [-0.2, 0) is 9.47 Å². The Morgan fingerprint density at radius 3 is 2.60 bits per heavy atom. The van der Waals surface area contributed by atoms with Gasteiger partial charge in [-0.1, -0.05) is 6.07 Å². The molecule has 0 radical (unpaired) electrons. The highest BCUT2D eigenvalue weighted by Crippen LogP contribution is 2.24. The van der Waals surface area contributed by atoms with Crippen molar-refractivity contribution in [3.8, 4) is 11.3 Å². The van der Waals surface area contributed by atoms with Crippen molar-refractivity contribution in [2.75, 3.05) is 43.6 Å². The van der Waals surface area contributed by atoms with E-state index in [1.165, 1.54) is 19.2 Å². The number of methoxy groups -OCH3 is 1. The molecule has 4 rings (SSSR count). The average molecular weight is 408 g/mol. The van der Waals surface area contributed by atoms with E-state index in [0.717, 1.165) is 37.7 Å². The van der Waals surface area contributed by atoms with Crippen molar-refractivity contribution in [2.24, 2.45) is 0 Å². The second kappa shape index (κ2) is 8.87. The molecule has 1 fully saturated rings. The molecule has 154 valence electrons. The van der Waals surface area contributed by atoms with E-state index < -0.39 is 11.8 Å². The number of nitrogens with one attached hydrogen (secondary N) is 1. The molecule has 0 spiro atoms. The quantitative estimate of drug-likeness (QED) is 0.646. The fraction of sp³-hybridized carbons (Fsp3) is 0.227. The number of carbonyl (C=O) groups is 1. The van der Waals surface area contributed by atoms with Crippen molar-refractivity contribution in [2.45, 2.75) is 0 Å². The van der Waals surface area contributed by atoms with Gasteiger partial charge in [-0.15, -0.1) is 0 Å². The Morgan fingerprint density at radius 1 is 1.13 bits per heavy atom. The van der Waals surface area contributed by atoms with Crippen LogP contribution in [-0.4, -0.2) is 49.4 Å². The number of anilines is 3. The summed E-state index contributed by atoms with van der Waals surface area (Å²) in [7, 11) is 1.21. The van der Waals surface area contributed by atoms with Crippen LogP contribution in [0.15, 0.2) is 54.7 Å². The van der Waals surface area contributed by atoms with Gasteiger partial charge in [0.15, 0.2) is 0 Å². The molecule has 1 N–H and O–H groups in total. The third kappa shape index (κ3) is 4.38. The summed E-state index contributed by atoms with van der Waals surface area (Å²) in [5.74, 6) is -0.986. The zero-order chi connectivity index (χ0) is 20.9. The molecule has 0 unspecified atom stereocenters. The van der Waals surface area contributed by atoms with Gasteiger partial charge in [-0.05, 0) is 42.5 Å². The number of ether oxygens (including phenoxy) is 2. The predicted octanol–water partition coefficient (Wildman–Crippen LogP) is 3.65. The molecule has 8 heteroatoms. The van der Waals surface area contributed by atoms with Gasteiger partial charge in [0.05, 0.1) is 31.6 Å². The highest BCUT2D eigenvalue weighted by molar-refractivity contribution is 5.90. The van der Waals surface area contributed by atoms with Gasteiger partial charge in [-0.3, -0.25) is 0 Å². The Balaban J connectivity index is 1.50. The highest BCUT2D eigenvalue weighted by Gasteiger charge is 2.14. The smallest absolute Gasteiger partial charge is 0.340 e. The van der Waals surface area contributed by atoms with Crippen LogP contribution in [0.2, 0.25) is 0 Å². The van der Waals surface area contributed by atoms with Gasteiger partial charge >= 0.3 is 5.97 Å². The maximum Gasteiger partial charge on any atom is 0.340 e. The summed E-state index contributed by atoms with van der Waals surface area (Å²) in [5.41, 5.74) is 2.94. The second-order valence-electron chi connectivity index (χ2n) is 6.72. The van der Waals surface area contributed by atoms with Gasteiger partial charge < -0.3 is 19.7 Å². The summed E-state index contributed by atoms with van der Waals surface area (Å²) in [6, 6.07) is 14.0. The Labute approximate surface area is 173 Å². The van der Waals surface area contributed by atoms with Crippen LogP contribution >= 0.6 is 0 Å². The third-order valence-corrected chi connectivity index (χ3v) is 4.83. The summed E-state index contributed by atoms with van der Waals surface area (Å²) >= 11 is 0. The van der Waals surface area contributed by atoms with Crippen LogP contribution < -0.4 is 10.2 Å². The lowest BCUT2D eigenvalue weighted by atomic mass is 10.1. The number of benzene rings is 2. The van der Waals surface area contributed by atoms with E-state index in [4.69, 9.17) is 4.74 Å². The number of morpholine rings is 1. The summed E-state index contributed by atoms with van der Waals surface area (Å²) in [4.78, 5) is 22.5. The normalized spacial score (nSPS) is 13.7. The molecule has 0 aliphatic carbocycles. The highest BCUT2D eigenvalue weighted by atomic mass is 19.1. The maximum atomic E-state index is 14.2. The summed E-state index contributed by atoms with van der Waals surface area (Å²) in [5, 5.41) is 3.16. The van der Waals surface area contributed by atoms with Crippen LogP contribution in [0.4, 0.5) is 21.7 Å². The largest absolute Gasteiger partial charge is 0.465 e. The monoisotopic (exact) mass is 408 g/mol. The zero-order valence-corrected chi connectivity index (χ0v) is 16.5. The van der Waals surface area contributed by atoms with E-state index in [-0.39, 0.29) is 5.56 Å². The number of aromatic nitrogens is 2. The molecule has 1 saturated heterocycles. The van der Waals surface area contributed by atoms with Crippen molar-refractivity contribution in [1.29, 1.82) is 0 Å². The van der Waals surface area contributed by atoms with Crippen molar-refractivity contribution in [3.63, 3.8) is 0 Å². The van der Waals surface area contributed by atoms with Gasteiger partial charge in [0.25, 0.3) is 0 Å². The fourth-order valence-corrected chi connectivity index (χ4v) is 3.24. The minimum atomic E-state index is -0.718. The number of rotatable bonds is 5. The Hall–Kier alpha value is -3.52. The van der Waals surface area contributed by atoms with E-state index in [2.05, 4.69) is 24.9 Å². The maximum absolute atomic E-state index is 14.2. The molecule has 2 heterocycles. The Morgan fingerprint density at radius 2 is 1.90 bits per heavy atom. The fourth-order valence-electron chi connectivity index (χ4n) is 3.24. The third-order valence-electron chi connectivity index (χ3n) is 4.83. The van der Waals surface area contributed by atoms with Crippen LogP contribution in [0.3, 0.4) is 0 Å². The van der Waals surface area contributed by atoms with Crippen LogP contribution in [0.25, 0.3) is 11.3 Å². The van der Waals surface area contributed by atoms with E-state index in [9.17, 15) is 9.18 Å². The number of esters is 1. The first-order valence-electron chi connectivity index (χ1n) is 9.55. The molecule has 0 atom stereocenters. The topological polar surface area (TPSA) is 76.6 Å². The predicted molar refractivity (Wildman–Crippen MR) is 112 cm³/mol. The summed E-state index contributed by atoms with van der Waals surface area (Å²) < 4.78 is 24.2. The minimum absolute atomic E-state index is 0.117. The SMILES string of the molecule is COC(=O)c1ccc(-c2ccnc(Nc3ccc(N4CCOCC4)cc3)n2)cc1F.